The van der Waals surface area contributed by atoms with E-state index >= 15 is 0 Å². The minimum atomic E-state index is 0.265. The summed E-state index contributed by atoms with van der Waals surface area (Å²) in [4.78, 5) is 12.2. The van der Waals surface area contributed by atoms with Gasteiger partial charge < -0.3 is 4.98 Å². The van der Waals surface area contributed by atoms with Gasteiger partial charge in [0.2, 0.25) is 5.28 Å². The minimum absolute atomic E-state index is 0.265. The molecule has 0 atom stereocenters. The van der Waals surface area contributed by atoms with Crippen LogP contribution in [0.2, 0.25) is 5.28 Å². The highest BCUT2D eigenvalue weighted by Crippen LogP contribution is 2.31. The van der Waals surface area contributed by atoms with Gasteiger partial charge in [0.05, 0.1) is 11.2 Å². The summed E-state index contributed by atoms with van der Waals surface area (Å²) in [6.45, 7) is 0. The normalized spacial score (nSPS) is 11.2. The van der Waals surface area contributed by atoms with Crippen LogP contribution in [0.25, 0.3) is 33.2 Å². The lowest BCUT2D eigenvalue weighted by Gasteiger charge is -2.02. The zero-order valence-corrected chi connectivity index (χ0v) is 11.2. The second kappa shape index (κ2) is 4.32. The molecule has 4 heteroatoms. The van der Waals surface area contributed by atoms with Gasteiger partial charge >= 0.3 is 0 Å². The van der Waals surface area contributed by atoms with Crippen molar-refractivity contribution in [1.29, 1.82) is 0 Å². The molecule has 0 amide bonds. The molecular weight excluding hydrogens is 270 g/mol. The number of halogens is 1. The second-order valence-electron chi connectivity index (χ2n) is 4.60. The summed E-state index contributed by atoms with van der Waals surface area (Å²) in [5.74, 6) is 0. The topological polar surface area (TPSA) is 41.6 Å². The standard InChI is InChI=1S/C16H10ClN3/c17-16-19-13(10-6-2-1-3-7-10)15-14(20-16)11-8-4-5-9-12(11)18-15/h1-9,18H. The molecule has 20 heavy (non-hydrogen) atoms. The van der Waals surface area contributed by atoms with Gasteiger partial charge in [0, 0.05) is 16.5 Å². The van der Waals surface area contributed by atoms with Crippen LogP contribution in [0.15, 0.2) is 54.6 Å². The van der Waals surface area contributed by atoms with Crippen molar-refractivity contribution in [2.45, 2.75) is 0 Å². The molecule has 3 nitrogen and oxygen atoms in total. The Morgan fingerprint density at radius 2 is 1.60 bits per heavy atom. The number of nitrogens with one attached hydrogen (secondary N) is 1. The fourth-order valence-corrected chi connectivity index (χ4v) is 2.65. The fraction of sp³-hybridized carbons (Fsp3) is 0. The smallest absolute Gasteiger partial charge is 0.223 e. The highest BCUT2D eigenvalue weighted by Gasteiger charge is 2.13. The van der Waals surface area contributed by atoms with E-state index in [0.29, 0.717) is 0 Å². The van der Waals surface area contributed by atoms with Gasteiger partial charge in [0.1, 0.15) is 5.52 Å². The number of benzene rings is 2. The molecule has 1 N–H and O–H groups in total. The number of hydrogen-bond acceptors (Lipinski definition) is 2. The maximum Gasteiger partial charge on any atom is 0.223 e. The van der Waals surface area contributed by atoms with Gasteiger partial charge in [-0.3, -0.25) is 0 Å². The van der Waals surface area contributed by atoms with E-state index in [9.17, 15) is 0 Å². The van der Waals surface area contributed by atoms with Crippen LogP contribution in [0.4, 0.5) is 0 Å². The highest BCUT2D eigenvalue weighted by molar-refractivity contribution is 6.29. The summed E-state index contributed by atoms with van der Waals surface area (Å²) in [7, 11) is 0. The van der Waals surface area contributed by atoms with Crippen LogP contribution in [0, 0.1) is 0 Å². The molecule has 0 spiro atoms. The van der Waals surface area contributed by atoms with E-state index < -0.39 is 0 Å². The zero-order valence-electron chi connectivity index (χ0n) is 10.5. The molecule has 0 bridgehead atoms. The molecule has 0 aliphatic heterocycles. The first kappa shape index (κ1) is 11.4. The number of H-pyrrole nitrogens is 1. The maximum absolute atomic E-state index is 6.09. The largest absolute Gasteiger partial charge is 0.351 e. The average Bonchev–Trinajstić information content (AvgIpc) is 2.86. The van der Waals surface area contributed by atoms with E-state index in [1.165, 1.54) is 0 Å². The Labute approximate surface area is 120 Å². The van der Waals surface area contributed by atoms with Crippen molar-refractivity contribution < 1.29 is 0 Å². The Morgan fingerprint density at radius 3 is 2.45 bits per heavy atom. The third kappa shape index (κ3) is 1.67. The molecule has 2 heterocycles. The van der Waals surface area contributed by atoms with E-state index in [2.05, 4.69) is 15.0 Å². The van der Waals surface area contributed by atoms with Gasteiger partial charge in [-0.1, -0.05) is 48.5 Å². The van der Waals surface area contributed by atoms with E-state index in [1.54, 1.807) is 0 Å². The number of rotatable bonds is 1. The number of hydrogen-bond donors (Lipinski definition) is 1. The van der Waals surface area contributed by atoms with E-state index in [1.807, 2.05) is 54.6 Å². The van der Waals surface area contributed by atoms with Gasteiger partial charge in [-0.2, -0.15) is 0 Å². The molecule has 0 saturated carbocycles. The van der Waals surface area contributed by atoms with Gasteiger partial charge in [-0.05, 0) is 17.7 Å². The van der Waals surface area contributed by atoms with E-state index in [4.69, 9.17) is 11.6 Å². The Kier molecular flexibility index (Phi) is 2.47. The van der Waals surface area contributed by atoms with E-state index in [0.717, 1.165) is 33.2 Å². The van der Waals surface area contributed by atoms with Crippen LogP contribution in [-0.2, 0) is 0 Å². The lowest BCUT2D eigenvalue weighted by atomic mass is 10.1. The maximum atomic E-state index is 6.09. The van der Waals surface area contributed by atoms with Gasteiger partial charge in [-0.15, -0.1) is 0 Å². The van der Waals surface area contributed by atoms with Crippen molar-refractivity contribution in [3.05, 3.63) is 59.9 Å². The first-order chi connectivity index (χ1) is 9.83. The Bertz CT molecular complexity index is 913. The molecule has 0 aliphatic rings. The third-order valence-electron chi connectivity index (χ3n) is 3.37. The van der Waals surface area contributed by atoms with Crippen LogP contribution in [0.5, 0.6) is 0 Å². The van der Waals surface area contributed by atoms with Crippen molar-refractivity contribution >= 4 is 33.5 Å². The predicted molar refractivity (Wildman–Crippen MR) is 81.8 cm³/mol. The Hall–Kier alpha value is -2.39. The molecule has 0 fully saturated rings. The van der Waals surface area contributed by atoms with Crippen LogP contribution < -0.4 is 0 Å². The van der Waals surface area contributed by atoms with Crippen LogP contribution >= 0.6 is 11.6 Å². The predicted octanol–water partition coefficient (Wildman–Crippen LogP) is 4.43. The molecule has 2 aromatic heterocycles. The Balaban J connectivity index is 2.16. The molecule has 0 aliphatic carbocycles. The summed E-state index contributed by atoms with van der Waals surface area (Å²) in [6.07, 6.45) is 0. The Morgan fingerprint density at radius 1 is 0.850 bits per heavy atom. The first-order valence-electron chi connectivity index (χ1n) is 6.32. The first-order valence-corrected chi connectivity index (χ1v) is 6.70. The zero-order chi connectivity index (χ0) is 13.5. The van der Waals surface area contributed by atoms with Gasteiger partial charge in [-0.25, -0.2) is 9.97 Å². The lowest BCUT2D eigenvalue weighted by Crippen LogP contribution is -1.89. The quantitative estimate of drug-likeness (QED) is 0.524. The van der Waals surface area contributed by atoms with Gasteiger partial charge in [0.25, 0.3) is 0 Å². The van der Waals surface area contributed by atoms with Gasteiger partial charge in [0.15, 0.2) is 0 Å². The van der Waals surface area contributed by atoms with Crippen molar-refractivity contribution in [3.8, 4) is 11.3 Å². The summed E-state index contributed by atoms with van der Waals surface area (Å²) in [6, 6.07) is 18.0. The molecule has 0 saturated heterocycles. The summed E-state index contributed by atoms with van der Waals surface area (Å²) in [5, 5.41) is 1.32. The number of nitrogens with zero attached hydrogens (tertiary/aromatic N) is 2. The number of aromatic nitrogens is 3. The number of aromatic amines is 1. The molecule has 96 valence electrons. The SMILES string of the molecule is Clc1nc(-c2ccccc2)c2[nH]c3ccccc3c2n1. The van der Waals surface area contributed by atoms with Crippen LogP contribution in [0.1, 0.15) is 0 Å². The van der Waals surface area contributed by atoms with E-state index in [-0.39, 0.29) is 5.28 Å². The van der Waals surface area contributed by atoms with Crippen molar-refractivity contribution in [3.63, 3.8) is 0 Å². The molecule has 0 unspecified atom stereocenters. The highest BCUT2D eigenvalue weighted by atomic mass is 35.5. The van der Waals surface area contributed by atoms with Crippen LogP contribution in [0.3, 0.4) is 0 Å². The minimum Gasteiger partial charge on any atom is -0.351 e. The summed E-state index contributed by atoms with van der Waals surface area (Å²) >= 11 is 6.09. The van der Waals surface area contributed by atoms with Crippen molar-refractivity contribution in [1.82, 2.24) is 15.0 Å². The molecule has 4 aromatic rings. The van der Waals surface area contributed by atoms with Crippen molar-refractivity contribution in [2.24, 2.45) is 0 Å². The number of fused-ring (bicyclic) bond motifs is 3. The summed E-state index contributed by atoms with van der Waals surface area (Å²) in [5.41, 5.74) is 4.67. The monoisotopic (exact) mass is 279 g/mol. The molecular formula is C16H10ClN3. The molecule has 4 rings (SSSR count). The lowest BCUT2D eigenvalue weighted by molar-refractivity contribution is 1.22. The third-order valence-corrected chi connectivity index (χ3v) is 3.54. The van der Waals surface area contributed by atoms with Crippen LogP contribution in [-0.4, -0.2) is 15.0 Å². The summed E-state index contributed by atoms with van der Waals surface area (Å²) < 4.78 is 0. The average molecular weight is 280 g/mol. The fourth-order valence-electron chi connectivity index (χ4n) is 2.48. The molecule has 2 aromatic carbocycles. The second-order valence-corrected chi connectivity index (χ2v) is 4.94. The molecule has 0 radical (unpaired) electrons. The number of para-hydroxylation sites is 1. The van der Waals surface area contributed by atoms with Crippen molar-refractivity contribution in [2.75, 3.05) is 0 Å².